The summed E-state index contributed by atoms with van der Waals surface area (Å²) in [5, 5.41) is 16.1. The van der Waals surface area contributed by atoms with Crippen LogP contribution in [0.3, 0.4) is 0 Å². The highest BCUT2D eigenvalue weighted by molar-refractivity contribution is 9.10. The zero-order chi connectivity index (χ0) is 11.5. The van der Waals surface area contributed by atoms with Crippen molar-refractivity contribution < 1.29 is 5.11 Å². The first-order valence-corrected chi connectivity index (χ1v) is 6.67. The summed E-state index contributed by atoms with van der Waals surface area (Å²) in [6.07, 6.45) is 1.49. The van der Waals surface area contributed by atoms with Gasteiger partial charge in [-0.25, -0.2) is 4.98 Å². The monoisotopic (exact) mass is 301 g/mol. The van der Waals surface area contributed by atoms with Crippen LogP contribution in [0.1, 0.15) is 23.7 Å². The Morgan fingerprint density at radius 3 is 3.06 bits per heavy atom. The summed E-state index contributed by atoms with van der Waals surface area (Å²) < 4.78 is 2.75. The van der Waals surface area contributed by atoms with Crippen LogP contribution in [0.2, 0.25) is 0 Å². The second-order valence-corrected chi connectivity index (χ2v) is 5.15. The maximum atomic E-state index is 10.1. The second kappa shape index (κ2) is 5.07. The third kappa shape index (κ3) is 2.34. The van der Waals surface area contributed by atoms with Crippen molar-refractivity contribution in [1.29, 1.82) is 0 Å². The zero-order valence-corrected chi connectivity index (χ0v) is 11.2. The molecule has 0 bridgehead atoms. The highest BCUT2D eigenvalue weighted by Gasteiger charge is 2.16. The van der Waals surface area contributed by atoms with Gasteiger partial charge >= 0.3 is 0 Å². The molecule has 0 amide bonds. The SMILES string of the molecule is CCn1ncnc1CC(O)c1sccc1Br. The summed E-state index contributed by atoms with van der Waals surface area (Å²) >= 11 is 4.95. The number of aryl methyl sites for hydroxylation is 1. The van der Waals surface area contributed by atoms with Gasteiger partial charge in [0.15, 0.2) is 0 Å². The Labute approximate surface area is 106 Å². The molecular formula is C10H12BrN3OS. The Balaban J connectivity index is 2.13. The average Bonchev–Trinajstić information content (AvgIpc) is 2.86. The van der Waals surface area contributed by atoms with Crippen LogP contribution in [0.5, 0.6) is 0 Å². The van der Waals surface area contributed by atoms with Crippen molar-refractivity contribution in [2.24, 2.45) is 0 Å². The molecule has 0 aliphatic carbocycles. The predicted molar refractivity (Wildman–Crippen MR) is 66.4 cm³/mol. The highest BCUT2D eigenvalue weighted by atomic mass is 79.9. The quantitative estimate of drug-likeness (QED) is 0.943. The summed E-state index contributed by atoms with van der Waals surface area (Å²) in [5.74, 6) is 0.815. The van der Waals surface area contributed by atoms with E-state index < -0.39 is 6.10 Å². The molecule has 1 unspecified atom stereocenters. The molecule has 4 nitrogen and oxygen atoms in total. The first-order chi connectivity index (χ1) is 7.72. The number of hydrogen-bond donors (Lipinski definition) is 1. The molecule has 0 fully saturated rings. The summed E-state index contributed by atoms with van der Waals surface area (Å²) in [4.78, 5) is 5.08. The minimum absolute atomic E-state index is 0.493. The van der Waals surface area contributed by atoms with Crippen LogP contribution in [0, 0.1) is 0 Å². The van der Waals surface area contributed by atoms with Gasteiger partial charge in [-0.15, -0.1) is 11.3 Å². The van der Waals surface area contributed by atoms with E-state index in [1.54, 1.807) is 4.68 Å². The molecule has 0 saturated heterocycles. The third-order valence-corrected chi connectivity index (χ3v) is 4.29. The molecule has 16 heavy (non-hydrogen) atoms. The largest absolute Gasteiger partial charge is 0.387 e. The number of aromatic nitrogens is 3. The lowest BCUT2D eigenvalue weighted by Gasteiger charge is -2.09. The van der Waals surface area contributed by atoms with Crippen LogP contribution in [-0.2, 0) is 13.0 Å². The molecule has 2 rings (SSSR count). The molecule has 0 aliphatic heterocycles. The number of halogens is 1. The van der Waals surface area contributed by atoms with Crippen molar-refractivity contribution in [3.8, 4) is 0 Å². The van der Waals surface area contributed by atoms with Gasteiger partial charge in [-0.2, -0.15) is 5.10 Å². The topological polar surface area (TPSA) is 50.9 Å². The van der Waals surface area contributed by atoms with Gasteiger partial charge in [0.1, 0.15) is 12.2 Å². The number of nitrogens with zero attached hydrogens (tertiary/aromatic N) is 3. The molecule has 2 aromatic heterocycles. The minimum Gasteiger partial charge on any atom is -0.387 e. The van der Waals surface area contributed by atoms with E-state index in [4.69, 9.17) is 0 Å². The fraction of sp³-hybridized carbons (Fsp3) is 0.400. The molecule has 0 aliphatic rings. The molecule has 1 N–H and O–H groups in total. The average molecular weight is 302 g/mol. The van der Waals surface area contributed by atoms with Crippen molar-refractivity contribution >= 4 is 27.3 Å². The Hall–Kier alpha value is -0.720. The van der Waals surface area contributed by atoms with Crippen molar-refractivity contribution in [1.82, 2.24) is 14.8 Å². The van der Waals surface area contributed by atoms with Crippen LogP contribution >= 0.6 is 27.3 Å². The van der Waals surface area contributed by atoms with Gasteiger partial charge in [-0.3, -0.25) is 4.68 Å². The van der Waals surface area contributed by atoms with Crippen molar-refractivity contribution in [2.45, 2.75) is 26.0 Å². The van der Waals surface area contributed by atoms with E-state index >= 15 is 0 Å². The van der Waals surface area contributed by atoms with Crippen LogP contribution < -0.4 is 0 Å². The number of aliphatic hydroxyl groups is 1. The van der Waals surface area contributed by atoms with E-state index in [1.807, 2.05) is 18.4 Å². The molecule has 0 saturated carbocycles. The molecule has 0 aromatic carbocycles. The van der Waals surface area contributed by atoms with Gasteiger partial charge in [0.2, 0.25) is 0 Å². The van der Waals surface area contributed by atoms with E-state index in [0.717, 1.165) is 21.7 Å². The Bertz CT molecular complexity index is 468. The Morgan fingerprint density at radius 1 is 1.62 bits per heavy atom. The lowest BCUT2D eigenvalue weighted by Crippen LogP contribution is -2.08. The predicted octanol–water partition coefficient (Wildman–Crippen LogP) is 2.40. The Morgan fingerprint density at radius 2 is 2.44 bits per heavy atom. The van der Waals surface area contributed by atoms with Gasteiger partial charge in [-0.05, 0) is 34.3 Å². The van der Waals surface area contributed by atoms with E-state index in [1.165, 1.54) is 17.7 Å². The van der Waals surface area contributed by atoms with Gasteiger partial charge in [-0.1, -0.05) is 0 Å². The molecule has 2 aromatic rings. The fourth-order valence-electron chi connectivity index (χ4n) is 1.52. The molecule has 0 spiro atoms. The molecule has 0 radical (unpaired) electrons. The lowest BCUT2D eigenvalue weighted by molar-refractivity contribution is 0.177. The van der Waals surface area contributed by atoms with Gasteiger partial charge in [0, 0.05) is 22.3 Å². The maximum absolute atomic E-state index is 10.1. The zero-order valence-electron chi connectivity index (χ0n) is 8.80. The van der Waals surface area contributed by atoms with Gasteiger partial charge < -0.3 is 5.11 Å². The molecular weight excluding hydrogens is 290 g/mol. The number of aliphatic hydroxyl groups excluding tert-OH is 1. The van der Waals surface area contributed by atoms with Crippen molar-refractivity contribution in [3.05, 3.63) is 32.9 Å². The highest BCUT2D eigenvalue weighted by Crippen LogP contribution is 2.30. The maximum Gasteiger partial charge on any atom is 0.138 e. The van der Waals surface area contributed by atoms with Gasteiger partial charge in [0.05, 0.1) is 6.10 Å². The Kier molecular flexibility index (Phi) is 3.73. The van der Waals surface area contributed by atoms with E-state index in [-0.39, 0.29) is 0 Å². The first kappa shape index (κ1) is 11.8. The molecule has 2 heterocycles. The summed E-state index contributed by atoms with van der Waals surface area (Å²) in [6, 6.07) is 1.94. The minimum atomic E-state index is -0.524. The van der Waals surface area contributed by atoms with Crippen LogP contribution in [0.4, 0.5) is 0 Å². The number of thiophene rings is 1. The normalized spacial score (nSPS) is 12.9. The molecule has 86 valence electrons. The van der Waals surface area contributed by atoms with E-state index in [2.05, 4.69) is 26.0 Å². The standard InChI is InChI=1S/C10H12BrN3OS/c1-2-14-9(12-6-13-14)5-8(15)10-7(11)3-4-16-10/h3-4,6,8,15H,2,5H2,1H3. The second-order valence-electron chi connectivity index (χ2n) is 3.34. The third-order valence-electron chi connectivity index (χ3n) is 2.32. The van der Waals surface area contributed by atoms with Crippen LogP contribution in [0.25, 0.3) is 0 Å². The fourth-order valence-corrected chi connectivity index (χ4v) is 3.14. The van der Waals surface area contributed by atoms with Crippen molar-refractivity contribution in [3.63, 3.8) is 0 Å². The lowest BCUT2D eigenvalue weighted by atomic mass is 10.2. The summed E-state index contributed by atoms with van der Waals surface area (Å²) in [5.41, 5.74) is 0. The van der Waals surface area contributed by atoms with Crippen molar-refractivity contribution in [2.75, 3.05) is 0 Å². The van der Waals surface area contributed by atoms with Crippen LogP contribution in [-0.4, -0.2) is 19.9 Å². The van der Waals surface area contributed by atoms with Crippen LogP contribution in [0.15, 0.2) is 22.2 Å². The number of rotatable bonds is 4. The molecule has 1 atom stereocenters. The van der Waals surface area contributed by atoms with Gasteiger partial charge in [0.25, 0.3) is 0 Å². The number of hydrogen-bond acceptors (Lipinski definition) is 4. The van der Waals surface area contributed by atoms with E-state index in [9.17, 15) is 5.11 Å². The molecule has 6 heteroatoms. The summed E-state index contributed by atoms with van der Waals surface area (Å²) in [7, 11) is 0. The summed E-state index contributed by atoms with van der Waals surface area (Å²) in [6.45, 7) is 2.78. The van der Waals surface area contributed by atoms with E-state index in [0.29, 0.717) is 6.42 Å². The first-order valence-electron chi connectivity index (χ1n) is 5.00. The smallest absolute Gasteiger partial charge is 0.138 e.